The van der Waals surface area contributed by atoms with Crippen molar-refractivity contribution in [1.29, 1.82) is 0 Å². The number of carbonyl (C=O) groups excluding carboxylic acids is 2. The van der Waals surface area contributed by atoms with E-state index in [0.29, 0.717) is 27.1 Å². The van der Waals surface area contributed by atoms with E-state index < -0.39 is 0 Å². The number of aromatic nitrogens is 1. The molecule has 0 atom stereocenters. The Balaban J connectivity index is 1.60. The monoisotopic (exact) mass is 391 g/mol. The van der Waals surface area contributed by atoms with Crippen molar-refractivity contribution in [1.82, 2.24) is 4.98 Å². The number of halogens is 1. The number of benzene rings is 1. The molecule has 2 N–H and O–H groups in total. The van der Waals surface area contributed by atoms with Crippen molar-refractivity contribution in [2.45, 2.75) is 13.3 Å². The Morgan fingerprint density at radius 3 is 2.80 bits per heavy atom. The molecule has 5 nitrogen and oxygen atoms in total. The molecule has 2 aromatic heterocycles. The standard InChI is InChI=1S/C17H14ClN3O2S2/c1-10-2-3-12(18)6-14(10)20-15(22)7-13-9-25-17(19-13)21-16(23)11-4-5-24-8-11/h2-6,8-9H,7H2,1H3,(H,20,22)(H,19,21,23). The highest BCUT2D eigenvalue weighted by Crippen LogP contribution is 2.21. The predicted molar refractivity (Wildman–Crippen MR) is 103 cm³/mol. The minimum absolute atomic E-state index is 0.122. The van der Waals surface area contributed by atoms with Crippen LogP contribution in [0.1, 0.15) is 21.6 Å². The lowest BCUT2D eigenvalue weighted by molar-refractivity contribution is -0.115. The van der Waals surface area contributed by atoms with Crippen LogP contribution in [0.25, 0.3) is 0 Å². The molecule has 8 heteroatoms. The number of nitrogens with zero attached hydrogens (tertiary/aromatic N) is 1. The number of thiazole rings is 1. The summed E-state index contributed by atoms with van der Waals surface area (Å²) in [5.41, 5.74) is 2.80. The minimum atomic E-state index is -0.207. The van der Waals surface area contributed by atoms with Crippen LogP contribution in [-0.2, 0) is 11.2 Å². The normalized spacial score (nSPS) is 10.5. The molecule has 0 spiro atoms. The summed E-state index contributed by atoms with van der Waals surface area (Å²) in [5.74, 6) is -0.396. The topological polar surface area (TPSA) is 71.1 Å². The highest BCUT2D eigenvalue weighted by Gasteiger charge is 2.12. The molecule has 25 heavy (non-hydrogen) atoms. The van der Waals surface area contributed by atoms with E-state index in [1.807, 2.05) is 18.4 Å². The van der Waals surface area contributed by atoms with Gasteiger partial charge in [0.05, 0.1) is 17.7 Å². The zero-order valence-corrected chi connectivity index (χ0v) is 15.6. The van der Waals surface area contributed by atoms with Gasteiger partial charge in [0.25, 0.3) is 5.91 Å². The van der Waals surface area contributed by atoms with Gasteiger partial charge in [-0.15, -0.1) is 11.3 Å². The van der Waals surface area contributed by atoms with Crippen molar-refractivity contribution >= 4 is 56.9 Å². The summed E-state index contributed by atoms with van der Waals surface area (Å²) in [4.78, 5) is 28.5. The third-order valence-corrected chi connectivity index (χ3v) is 5.10. The van der Waals surface area contributed by atoms with Gasteiger partial charge in [0.2, 0.25) is 5.91 Å². The number of carbonyl (C=O) groups is 2. The predicted octanol–water partition coefficient (Wildman–Crippen LogP) is 4.60. The Morgan fingerprint density at radius 2 is 2.04 bits per heavy atom. The molecule has 0 unspecified atom stereocenters. The molecule has 0 aliphatic rings. The Hall–Kier alpha value is -2.22. The summed E-state index contributed by atoms with van der Waals surface area (Å²) >= 11 is 8.70. The second kappa shape index (κ2) is 7.77. The number of aryl methyl sites for hydroxylation is 1. The number of thiophene rings is 1. The van der Waals surface area contributed by atoms with Gasteiger partial charge < -0.3 is 5.32 Å². The molecule has 128 valence electrons. The summed E-state index contributed by atoms with van der Waals surface area (Å²) in [6.07, 6.45) is 0.122. The average molecular weight is 392 g/mol. The van der Waals surface area contributed by atoms with E-state index in [9.17, 15) is 9.59 Å². The van der Waals surface area contributed by atoms with Crippen LogP contribution in [0.2, 0.25) is 5.02 Å². The highest BCUT2D eigenvalue weighted by molar-refractivity contribution is 7.14. The Labute approximate surface area is 157 Å². The molecule has 0 saturated heterocycles. The van der Waals surface area contributed by atoms with Crippen LogP contribution in [0.5, 0.6) is 0 Å². The number of amides is 2. The molecule has 1 aromatic carbocycles. The fraction of sp³-hybridized carbons (Fsp3) is 0.118. The number of hydrogen-bond acceptors (Lipinski definition) is 5. The van der Waals surface area contributed by atoms with E-state index in [4.69, 9.17) is 11.6 Å². The summed E-state index contributed by atoms with van der Waals surface area (Å²) < 4.78 is 0. The van der Waals surface area contributed by atoms with Crippen molar-refractivity contribution < 1.29 is 9.59 Å². The number of anilines is 2. The molecule has 2 amide bonds. The van der Waals surface area contributed by atoms with Crippen molar-refractivity contribution in [2.75, 3.05) is 10.6 Å². The lowest BCUT2D eigenvalue weighted by atomic mass is 10.2. The quantitative estimate of drug-likeness (QED) is 0.667. The van der Waals surface area contributed by atoms with Gasteiger partial charge >= 0.3 is 0 Å². The van der Waals surface area contributed by atoms with Crippen molar-refractivity contribution in [3.63, 3.8) is 0 Å². The molecular formula is C17H14ClN3O2S2. The van der Waals surface area contributed by atoms with E-state index in [0.717, 1.165) is 5.56 Å². The van der Waals surface area contributed by atoms with Crippen molar-refractivity contribution in [2.24, 2.45) is 0 Å². The molecule has 0 aliphatic heterocycles. The van der Waals surface area contributed by atoms with Gasteiger partial charge in [-0.3, -0.25) is 14.9 Å². The van der Waals surface area contributed by atoms with Gasteiger partial charge in [-0.25, -0.2) is 4.98 Å². The zero-order chi connectivity index (χ0) is 17.8. The van der Waals surface area contributed by atoms with Crippen LogP contribution in [-0.4, -0.2) is 16.8 Å². The molecule has 0 radical (unpaired) electrons. The first-order chi connectivity index (χ1) is 12.0. The molecule has 2 heterocycles. The molecule has 0 saturated carbocycles. The Morgan fingerprint density at radius 1 is 1.20 bits per heavy atom. The van der Waals surface area contributed by atoms with E-state index in [-0.39, 0.29) is 18.2 Å². The average Bonchev–Trinajstić information content (AvgIpc) is 3.23. The third kappa shape index (κ3) is 4.66. The molecule has 3 aromatic rings. The van der Waals surface area contributed by atoms with Gasteiger partial charge in [0, 0.05) is 21.5 Å². The fourth-order valence-electron chi connectivity index (χ4n) is 2.10. The summed E-state index contributed by atoms with van der Waals surface area (Å²) in [6.45, 7) is 1.90. The lowest BCUT2D eigenvalue weighted by Gasteiger charge is -2.08. The molecule has 3 rings (SSSR count). The molecular weight excluding hydrogens is 378 g/mol. The first-order valence-corrected chi connectivity index (χ1v) is 9.55. The van der Waals surface area contributed by atoms with E-state index in [1.165, 1.54) is 22.7 Å². The Kier molecular flexibility index (Phi) is 5.47. The fourth-order valence-corrected chi connectivity index (χ4v) is 3.61. The summed E-state index contributed by atoms with van der Waals surface area (Å²) in [6, 6.07) is 7.08. The minimum Gasteiger partial charge on any atom is -0.325 e. The Bertz CT molecular complexity index is 907. The highest BCUT2D eigenvalue weighted by atomic mass is 35.5. The van der Waals surface area contributed by atoms with E-state index in [2.05, 4.69) is 15.6 Å². The summed E-state index contributed by atoms with van der Waals surface area (Å²) in [5, 5.41) is 12.0. The largest absolute Gasteiger partial charge is 0.325 e. The van der Waals surface area contributed by atoms with Gasteiger partial charge in [-0.2, -0.15) is 11.3 Å². The maximum atomic E-state index is 12.2. The maximum absolute atomic E-state index is 12.2. The van der Waals surface area contributed by atoms with Crippen LogP contribution < -0.4 is 10.6 Å². The zero-order valence-electron chi connectivity index (χ0n) is 13.2. The van der Waals surface area contributed by atoms with Crippen molar-refractivity contribution in [3.05, 3.63) is 62.2 Å². The van der Waals surface area contributed by atoms with Crippen LogP contribution in [0, 0.1) is 6.92 Å². The first-order valence-electron chi connectivity index (χ1n) is 7.35. The maximum Gasteiger partial charge on any atom is 0.258 e. The number of rotatable bonds is 5. The molecule has 0 bridgehead atoms. The SMILES string of the molecule is Cc1ccc(Cl)cc1NC(=O)Cc1csc(NC(=O)c2ccsc2)n1. The second-order valence-electron chi connectivity index (χ2n) is 5.29. The van der Waals surface area contributed by atoms with Gasteiger partial charge in [-0.05, 0) is 36.1 Å². The lowest BCUT2D eigenvalue weighted by Crippen LogP contribution is -2.15. The van der Waals surface area contributed by atoms with Crippen LogP contribution in [0.15, 0.2) is 40.4 Å². The third-order valence-electron chi connectivity index (χ3n) is 3.37. The number of nitrogens with one attached hydrogen (secondary N) is 2. The van der Waals surface area contributed by atoms with Crippen molar-refractivity contribution in [3.8, 4) is 0 Å². The van der Waals surface area contributed by atoms with Crippen LogP contribution in [0.3, 0.4) is 0 Å². The summed E-state index contributed by atoms with van der Waals surface area (Å²) in [7, 11) is 0. The molecule has 0 aliphatic carbocycles. The molecule has 0 fully saturated rings. The van der Waals surface area contributed by atoms with Gasteiger partial charge in [0.15, 0.2) is 5.13 Å². The number of hydrogen-bond donors (Lipinski definition) is 2. The van der Waals surface area contributed by atoms with Crippen LogP contribution >= 0.6 is 34.3 Å². The van der Waals surface area contributed by atoms with Gasteiger partial charge in [0.1, 0.15) is 0 Å². The first kappa shape index (κ1) is 17.6. The van der Waals surface area contributed by atoms with E-state index in [1.54, 1.807) is 29.0 Å². The van der Waals surface area contributed by atoms with Gasteiger partial charge in [-0.1, -0.05) is 17.7 Å². The van der Waals surface area contributed by atoms with Crippen LogP contribution in [0.4, 0.5) is 10.8 Å². The smallest absolute Gasteiger partial charge is 0.258 e. The second-order valence-corrected chi connectivity index (χ2v) is 7.37. The van der Waals surface area contributed by atoms with E-state index >= 15 is 0 Å².